The van der Waals surface area contributed by atoms with Crippen molar-refractivity contribution in [3.05, 3.63) is 52.1 Å². The largest absolute Gasteiger partial charge is 0.342 e. The first-order chi connectivity index (χ1) is 10.2. The number of nitrogens with zero attached hydrogens (tertiary/aromatic N) is 3. The minimum Gasteiger partial charge on any atom is -0.342 e. The van der Waals surface area contributed by atoms with Crippen LogP contribution in [0.4, 0.5) is 0 Å². The van der Waals surface area contributed by atoms with Gasteiger partial charge in [-0.1, -0.05) is 13.0 Å². The topological polar surface area (TPSA) is 59.3 Å². The van der Waals surface area contributed by atoms with Crippen molar-refractivity contribution in [2.75, 3.05) is 0 Å². The number of carbonyl (C=O) groups excluding carboxylic acids is 1. The molecule has 1 amide bonds. The smallest absolute Gasteiger partial charge is 0.262 e. The van der Waals surface area contributed by atoms with Crippen LogP contribution in [0, 0.1) is 0 Å². The summed E-state index contributed by atoms with van der Waals surface area (Å²) >= 11 is 1.47. The summed E-state index contributed by atoms with van der Waals surface area (Å²) in [4.78, 5) is 13.1. The van der Waals surface area contributed by atoms with Crippen LogP contribution in [0.15, 0.2) is 35.8 Å². The van der Waals surface area contributed by atoms with Crippen molar-refractivity contribution < 1.29 is 4.79 Å². The van der Waals surface area contributed by atoms with Gasteiger partial charge in [0.05, 0.1) is 10.9 Å². The molecule has 0 aliphatic rings. The van der Waals surface area contributed by atoms with Crippen LogP contribution in [0.25, 0.3) is 5.65 Å². The summed E-state index contributed by atoms with van der Waals surface area (Å²) in [5.74, 6) is 0.676. The fourth-order valence-electron chi connectivity index (χ4n) is 2.30. The van der Waals surface area contributed by atoms with Gasteiger partial charge in [0.15, 0.2) is 11.5 Å². The Kier molecular flexibility index (Phi) is 3.70. The van der Waals surface area contributed by atoms with E-state index >= 15 is 0 Å². The van der Waals surface area contributed by atoms with E-state index in [2.05, 4.69) is 15.5 Å². The molecule has 3 heterocycles. The van der Waals surface area contributed by atoms with Crippen LogP contribution in [0.1, 0.15) is 40.9 Å². The molecule has 3 aromatic heterocycles. The first kappa shape index (κ1) is 13.8. The van der Waals surface area contributed by atoms with E-state index in [1.54, 1.807) is 0 Å². The van der Waals surface area contributed by atoms with E-state index in [4.69, 9.17) is 0 Å². The summed E-state index contributed by atoms with van der Waals surface area (Å²) in [6.45, 7) is 3.97. The highest BCUT2D eigenvalue weighted by molar-refractivity contribution is 7.12. The summed E-state index contributed by atoms with van der Waals surface area (Å²) in [6, 6.07) is 7.51. The van der Waals surface area contributed by atoms with Gasteiger partial charge in [-0.05, 0) is 42.5 Å². The molecular formula is C15H16N4OS. The lowest BCUT2D eigenvalue weighted by Crippen LogP contribution is -2.28. The Hall–Kier alpha value is -2.21. The molecule has 0 radical (unpaired) electrons. The highest BCUT2D eigenvalue weighted by Gasteiger charge is 2.18. The zero-order valence-corrected chi connectivity index (χ0v) is 12.7. The number of aromatic nitrogens is 3. The zero-order valence-electron chi connectivity index (χ0n) is 11.9. The van der Waals surface area contributed by atoms with Crippen LogP contribution < -0.4 is 5.32 Å². The third-order valence-corrected chi connectivity index (χ3v) is 4.36. The summed E-state index contributed by atoms with van der Waals surface area (Å²) in [5, 5.41) is 13.2. The fraction of sp³-hybridized carbons (Fsp3) is 0.267. The quantitative estimate of drug-likeness (QED) is 0.806. The molecule has 108 valence electrons. The number of carbonyl (C=O) groups is 1. The van der Waals surface area contributed by atoms with Gasteiger partial charge >= 0.3 is 0 Å². The minimum absolute atomic E-state index is 0.0537. The van der Waals surface area contributed by atoms with E-state index in [1.165, 1.54) is 11.3 Å². The second-order valence-electron chi connectivity index (χ2n) is 4.81. The summed E-state index contributed by atoms with van der Waals surface area (Å²) in [5.41, 5.74) is 1.86. The highest BCUT2D eigenvalue weighted by Crippen LogP contribution is 2.19. The fourth-order valence-corrected chi connectivity index (χ4v) is 3.19. The number of aryl methyl sites for hydroxylation is 1. The number of rotatable bonds is 4. The predicted molar refractivity (Wildman–Crippen MR) is 82.6 cm³/mol. The van der Waals surface area contributed by atoms with Gasteiger partial charge in [0.2, 0.25) is 0 Å². The molecule has 1 atom stereocenters. The maximum Gasteiger partial charge on any atom is 0.262 e. The van der Waals surface area contributed by atoms with Crippen LogP contribution in [-0.4, -0.2) is 20.5 Å². The molecule has 0 spiro atoms. The normalized spacial score (nSPS) is 12.5. The van der Waals surface area contributed by atoms with Crippen molar-refractivity contribution in [1.82, 2.24) is 19.9 Å². The van der Waals surface area contributed by atoms with Gasteiger partial charge in [-0.15, -0.1) is 21.5 Å². The lowest BCUT2D eigenvalue weighted by molar-refractivity contribution is 0.0941. The van der Waals surface area contributed by atoms with Crippen molar-refractivity contribution in [3.63, 3.8) is 0 Å². The number of thiophene rings is 1. The molecule has 3 rings (SSSR count). The monoisotopic (exact) mass is 300 g/mol. The molecule has 0 aromatic carbocycles. The Morgan fingerprint density at radius 3 is 3.05 bits per heavy atom. The van der Waals surface area contributed by atoms with Crippen molar-refractivity contribution >= 4 is 22.9 Å². The summed E-state index contributed by atoms with van der Waals surface area (Å²) < 4.78 is 1.89. The van der Waals surface area contributed by atoms with Gasteiger partial charge < -0.3 is 5.32 Å². The Morgan fingerprint density at radius 2 is 2.24 bits per heavy atom. The molecular weight excluding hydrogens is 284 g/mol. The number of fused-ring (bicyclic) bond motifs is 1. The lowest BCUT2D eigenvalue weighted by atomic mass is 10.2. The van der Waals surface area contributed by atoms with E-state index in [1.807, 2.05) is 54.1 Å². The summed E-state index contributed by atoms with van der Waals surface area (Å²) in [6.07, 6.45) is 2.75. The number of amides is 1. The van der Waals surface area contributed by atoms with Gasteiger partial charge in [-0.25, -0.2) is 0 Å². The maximum atomic E-state index is 12.4. The third-order valence-electron chi connectivity index (χ3n) is 3.41. The van der Waals surface area contributed by atoms with E-state index in [0.717, 1.165) is 28.3 Å². The Bertz CT molecular complexity index is 777. The first-order valence-electron chi connectivity index (χ1n) is 6.87. The van der Waals surface area contributed by atoms with Gasteiger partial charge in [0.1, 0.15) is 0 Å². The zero-order chi connectivity index (χ0) is 14.8. The van der Waals surface area contributed by atoms with Crippen LogP contribution >= 0.6 is 11.3 Å². The number of hydrogen-bond donors (Lipinski definition) is 1. The first-order valence-corrected chi connectivity index (χ1v) is 7.75. The Labute approximate surface area is 126 Å². The van der Waals surface area contributed by atoms with Gasteiger partial charge in [-0.2, -0.15) is 0 Å². The number of nitrogens with one attached hydrogen (secondary N) is 1. The molecule has 3 aromatic rings. The van der Waals surface area contributed by atoms with Gasteiger partial charge in [0.25, 0.3) is 5.91 Å². The predicted octanol–water partition coefficient (Wildman–Crippen LogP) is 2.84. The van der Waals surface area contributed by atoms with Crippen LogP contribution in [0.5, 0.6) is 0 Å². The van der Waals surface area contributed by atoms with E-state index in [-0.39, 0.29) is 11.9 Å². The molecule has 1 unspecified atom stereocenters. The molecule has 1 N–H and O–H groups in total. The Balaban J connectivity index is 1.83. The van der Waals surface area contributed by atoms with E-state index in [9.17, 15) is 4.79 Å². The second kappa shape index (κ2) is 5.65. The van der Waals surface area contributed by atoms with Crippen LogP contribution in [0.2, 0.25) is 0 Å². The van der Waals surface area contributed by atoms with Crippen LogP contribution in [-0.2, 0) is 6.42 Å². The molecule has 0 fully saturated rings. The summed E-state index contributed by atoms with van der Waals surface area (Å²) in [7, 11) is 0. The average molecular weight is 300 g/mol. The van der Waals surface area contributed by atoms with Crippen molar-refractivity contribution in [2.45, 2.75) is 26.3 Å². The molecule has 6 heteroatoms. The van der Waals surface area contributed by atoms with Crippen molar-refractivity contribution in [1.29, 1.82) is 0 Å². The maximum absolute atomic E-state index is 12.4. The Morgan fingerprint density at radius 1 is 1.38 bits per heavy atom. The molecule has 0 saturated heterocycles. The third kappa shape index (κ3) is 2.54. The molecule has 0 bridgehead atoms. The van der Waals surface area contributed by atoms with Crippen molar-refractivity contribution in [3.8, 4) is 0 Å². The lowest BCUT2D eigenvalue weighted by Gasteiger charge is -2.12. The van der Waals surface area contributed by atoms with E-state index < -0.39 is 0 Å². The van der Waals surface area contributed by atoms with Gasteiger partial charge in [0, 0.05) is 6.20 Å². The highest BCUT2D eigenvalue weighted by atomic mass is 32.1. The number of pyridine rings is 1. The molecule has 21 heavy (non-hydrogen) atoms. The second-order valence-corrected chi connectivity index (χ2v) is 5.73. The molecule has 0 aliphatic heterocycles. The molecule has 5 nitrogen and oxygen atoms in total. The van der Waals surface area contributed by atoms with Gasteiger partial charge in [-0.3, -0.25) is 9.20 Å². The van der Waals surface area contributed by atoms with E-state index in [0.29, 0.717) is 0 Å². The van der Waals surface area contributed by atoms with Crippen molar-refractivity contribution in [2.24, 2.45) is 0 Å². The molecule has 0 saturated carbocycles. The molecule has 0 aliphatic carbocycles. The minimum atomic E-state index is -0.207. The standard InChI is InChI=1S/C15H16N4OS/c1-3-11-7-9-21-13(11)15(20)16-10(2)14-18-17-12-6-4-5-8-19(12)14/h4-10H,3H2,1-2H3,(H,16,20). The SMILES string of the molecule is CCc1ccsc1C(=O)NC(C)c1nnc2ccccn12. The average Bonchev–Trinajstić information content (AvgIpc) is 3.13. The van der Waals surface area contributed by atoms with Crippen LogP contribution in [0.3, 0.4) is 0 Å². The number of hydrogen-bond acceptors (Lipinski definition) is 4.